The van der Waals surface area contributed by atoms with Crippen LogP contribution in [0.25, 0.3) is 0 Å². The monoisotopic (exact) mass is 480 g/mol. The molecule has 4 rings (SSSR count). The Balaban J connectivity index is 1.49. The molecular weight excluding hydrogens is 460 g/mol. The fourth-order valence-corrected chi connectivity index (χ4v) is 6.56. The first-order valence-electron chi connectivity index (χ1n) is 9.67. The molecule has 0 spiro atoms. The highest BCUT2D eigenvalue weighted by atomic mass is 35.5. The van der Waals surface area contributed by atoms with E-state index in [2.05, 4.69) is 25.7 Å². The van der Waals surface area contributed by atoms with Gasteiger partial charge in [-0.2, -0.15) is 9.40 Å². The summed E-state index contributed by atoms with van der Waals surface area (Å²) in [6.07, 6.45) is 1.48. The zero-order valence-electron chi connectivity index (χ0n) is 16.9. The number of H-pyrrole nitrogens is 1. The van der Waals surface area contributed by atoms with Crippen molar-refractivity contribution in [1.29, 1.82) is 0 Å². The van der Waals surface area contributed by atoms with Crippen LogP contribution in [0.15, 0.2) is 29.2 Å². The number of carbonyl (C=O) groups is 1. The predicted molar refractivity (Wildman–Crippen MR) is 118 cm³/mol. The van der Waals surface area contributed by atoms with Gasteiger partial charge in [0.15, 0.2) is 0 Å². The standard InChI is InChI=1S/C19H21ClN6O3S2/c1-11-16(12(2)23-22-11)31(28,29)26-8-4-5-13(10-26)18-24-25-19(30-18)17(27)21-15-7-3-6-14(20)9-15/h3,6-7,9,13H,4-5,8,10H2,1-2H3,(H,21,27)(H,22,23)/t13-/m1/s1. The molecule has 0 saturated carbocycles. The number of hydrogen-bond acceptors (Lipinski definition) is 7. The van der Waals surface area contributed by atoms with E-state index in [4.69, 9.17) is 11.6 Å². The molecule has 2 N–H and O–H groups in total. The minimum absolute atomic E-state index is 0.124. The van der Waals surface area contributed by atoms with Crippen molar-refractivity contribution in [3.63, 3.8) is 0 Å². The highest BCUT2D eigenvalue weighted by Gasteiger charge is 2.35. The molecule has 0 radical (unpaired) electrons. The normalized spacial score (nSPS) is 17.6. The Labute approximate surface area is 188 Å². The minimum atomic E-state index is -3.67. The van der Waals surface area contributed by atoms with Gasteiger partial charge < -0.3 is 5.32 Å². The number of carbonyl (C=O) groups excluding carboxylic acids is 1. The van der Waals surface area contributed by atoms with Crippen LogP contribution < -0.4 is 5.32 Å². The third-order valence-electron chi connectivity index (χ3n) is 5.11. The van der Waals surface area contributed by atoms with Crippen LogP contribution in [0.3, 0.4) is 0 Å². The predicted octanol–water partition coefficient (Wildman–Crippen LogP) is 3.35. The Morgan fingerprint density at radius 3 is 2.84 bits per heavy atom. The van der Waals surface area contributed by atoms with Gasteiger partial charge in [0.05, 0.1) is 11.4 Å². The highest BCUT2D eigenvalue weighted by Crippen LogP contribution is 2.33. The largest absolute Gasteiger partial charge is 0.320 e. The lowest BCUT2D eigenvalue weighted by Gasteiger charge is -2.30. The van der Waals surface area contributed by atoms with E-state index in [0.29, 0.717) is 40.1 Å². The number of nitrogens with zero attached hydrogens (tertiary/aromatic N) is 4. The molecule has 1 aromatic carbocycles. The lowest BCUT2D eigenvalue weighted by Crippen LogP contribution is -2.39. The molecule has 12 heteroatoms. The molecule has 0 bridgehead atoms. The zero-order valence-corrected chi connectivity index (χ0v) is 19.3. The van der Waals surface area contributed by atoms with Crippen molar-refractivity contribution >= 4 is 44.6 Å². The van der Waals surface area contributed by atoms with Gasteiger partial charge >= 0.3 is 0 Å². The lowest BCUT2D eigenvalue weighted by molar-refractivity contribution is 0.102. The van der Waals surface area contributed by atoms with Crippen molar-refractivity contribution in [3.05, 3.63) is 50.7 Å². The van der Waals surface area contributed by atoms with Crippen molar-refractivity contribution in [2.45, 2.75) is 37.5 Å². The first-order chi connectivity index (χ1) is 14.8. The van der Waals surface area contributed by atoms with Crippen LogP contribution in [0.5, 0.6) is 0 Å². The molecular formula is C19H21ClN6O3S2. The van der Waals surface area contributed by atoms with E-state index in [9.17, 15) is 13.2 Å². The fourth-order valence-electron chi connectivity index (χ4n) is 3.65. The summed E-state index contributed by atoms with van der Waals surface area (Å²) in [5.74, 6) is -0.503. The number of rotatable bonds is 5. The van der Waals surface area contributed by atoms with Gasteiger partial charge in [0, 0.05) is 29.7 Å². The maximum Gasteiger partial charge on any atom is 0.286 e. The first kappa shape index (κ1) is 21.9. The Morgan fingerprint density at radius 1 is 1.32 bits per heavy atom. The summed E-state index contributed by atoms with van der Waals surface area (Å²) in [4.78, 5) is 12.7. The number of aromatic nitrogens is 4. The van der Waals surface area contributed by atoms with Gasteiger partial charge in [-0.05, 0) is 44.9 Å². The van der Waals surface area contributed by atoms with Gasteiger partial charge in [0.25, 0.3) is 5.91 Å². The third kappa shape index (κ3) is 4.49. The quantitative estimate of drug-likeness (QED) is 0.577. The number of halogens is 1. The number of sulfonamides is 1. The van der Waals surface area contributed by atoms with Crippen LogP contribution in [0.1, 0.15) is 45.0 Å². The van der Waals surface area contributed by atoms with Gasteiger partial charge in [-0.25, -0.2) is 8.42 Å². The third-order valence-corrected chi connectivity index (χ3v) is 8.56. The molecule has 2 aromatic heterocycles. The molecule has 1 fully saturated rings. The molecule has 0 aliphatic carbocycles. The van der Waals surface area contributed by atoms with E-state index in [1.807, 2.05) is 0 Å². The number of hydrogen-bond donors (Lipinski definition) is 2. The number of benzene rings is 1. The fraction of sp³-hybridized carbons (Fsp3) is 0.368. The molecule has 31 heavy (non-hydrogen) atoms. The maximum absolute atomic E-state index is 13.2. The second-order valence-electron chi connectivity index (χ2n) is 7.38. The summed E-state index contributed by atoms with van der Waals surface area (Å²) in [6, 6.07) is 6.83. The second-order valence-corrected chi connectivity index (χ2v) is 10.7. The number of amides is 1. The Bertz CT molecular complexity index is 1200. The number of nitrogens with one attached hydrogen (secondary N) is 2. The van der Waals surface area contributed by atoms with Crippen LogP contribution in [-0.2, 0) is 10.0 Å². The summed E-state index contributed by atoms with van der Waals surface area (Å²) in [7, 11) is -3.67. The summed E-state index contributed by atoms with van der Waals surface area (Å²) in [5.41, 5.74) is 1.54. The van der Waals surface area contributed by atoms with Gasteiger partial charge in [-0.1, -0.05) is 29.0 Å². The van der Waals surface area contributed by atoms with E-state index in [1.165, 1.54) is 15.6 Å². The Kier molecular flexibility index (Phi) is 6.11. The smallest absolute Gasteiger partial charge is 0.286 e. The molecule has 1 atom stereocenters. The Morgan fingerprint density at radius 2 is 2.13 bits per heavy atom. The van der Waals surface area contributed by atoms with Gasteiger partial charge in [-0.15, -0.1) is 10.2 Å². The SMILES string of the molecule is Cc1n[nH]c(C)c1S(=O)(=O)N1CCC[C@@H](c2nnc(C(=O)Nc3cccc(Cl)c3)s2)C1. The topological polar surface area (TPSA) is 121 Å². The molecule has 164 valence electrons. The molecule has 3 aromatic rings. The first-order valence-corrected chi connectivity index (χ1v) is 12.3. The summed E-state index contributed by atoms with van der Waals surface area (Å²) < 4.78 is 27.8. The number of anilines is 1. The van der Waals surface area contributed by atoms with Crippen LogP contribution in [0.2, 0.25) is 5.02 Å². The van der Waals surface area contributed by atoms with Crippen LogP contribution >= 0.6 is 22.9 Å². The lowest BCUT2D eigenvalue weighted by atomic mass is 10.0. The average Bonchev–Trinajstić information content (AvgIpc) is 3.35. The van der Waals surface area contributed by atoms with E-state index >= 15 is 0 Å². The molecule has 3 heterocycles. The molecule has 1 aliphatic heterocycles. The van der Waals surface area contributed by atoms with Crippen LogP contribution in [0.4, 0.5) is 5.69 Å². The van der Waals surface area contributed by atoms with Gasteiger partial charge in [0.2, 0.25) is 15.0 Å². The molecule has 1 saturated heterocycles. The van der Waals surface area contributed by atoms with Crippen LogP contribution in [-0.4, -0.2) is 52.1 Å². The van der Waals surface area contributed by atoms with E-state index in [1.54, 1.807) is 38.1 Å². The van der Waals surface area contributed by atoms with Gasteiger partial charge in [0.1, 0.15) is 9.90 Å². The van der Waals surface area contributed by atoms with E-state index in [-0.39, 0.29) is 28.3 Å². The Hall–Kier alpha value is -2.34. The minimum Gasteiger partial charge on any atom is -0.320 e. The van der Waals surface area contributed by atoms with Crippen molar-refractivity contribution < 1.29 is 13.2 Å². The zero-order chi connectivity index (χ0) is 22.2. The van der Waals surface area contributed by atoms with Crippen molar-refractivity contribution in [1.82, 2.24) is 24.7 Å². The van der Waals surface area contributed by atoms with Crippen LogP contribution in [0, 0.1) is 13.8 Å². The van der Waals surface area contributed by atoms with Gasteiger partial charge in [-0.3, -0.25) is 9.89 Å². The number of aryl methyl sites for hydroxylation is 2. The summed E-state index contributed by atoms with van der Waals surface area (Å²) in [5, 5.41) is 19.1. The van der Waals surface area contributed by atoms with Crippen molar-refractivity contribution in [2.24, 2.45) is 0 Å². The van der Waals surface area contributed by atoms with E-state index in [0.717, 1.165) is 6.42 Å². The van der Waals surface area contributed by atoms with Crippen molar-refractivity contribution in [3.8, 4) is 0 Å². The molecule has 0 unspecified atom stereocenters. The molecule has 1 amide bonds. The molecule has 9 nitrogen and oxygen atoms in total. The number of aromatic amines is 1. The summed E-state index contributed by atoms with van der Waals surface area (Å²) >= 11 is 7.13. The molecule has 1 aliphatic rings. The number of piperidine rings is 1. The van der Waals surface area contributed by atoms with Crippen molar-refractivity contribution in [2.75, 3.05) is 18.4 Å². The average molecular weight is 481 g/mol. The second kappa shape index (κ2) is 8.65. The summed E-state index contributed by atoms with van der Waals surface area (Å²) in [6.45, 7) is 4.10. The highest BCUT2D eigenvalue weighted by molar-refractivity contribution is 7.89. The van der Waals surface area contributed by atoms with E-state index < -0.39 is 10.0 Å². The maximum atomic E-state index is 13.2.